The first-order chi connectivity index (χ1) is 9.06. The molecule has 0 aromatic rings. The summed E-state index contributed by atoms with van der Waals surface area (Å²) in [6.07, 6.45) is 0.647. The third-order valence-corrected chi connectivity index (χ3v) is 5.56. The van der Waals surface area contributed by atoms with Crippen LogP contribution in [0.15, 0.2) is 20.5 Å². The van der Waals surface area contributed by atoms with Gasteiger partial charge in [-0.2, -0.15) is 4.99 Å². The van der Waals surface area contributed by atoms with E-state index < -0.39 is 0 Å². The maximum Gasteiger partial charge on any atom is 0.319 e. The van der Waals surface area contributed by atoms with Gasteiger partial charge in [0, 0.05) is 6.42 Å². The molecule has 19 heavy (non-hydrogen) atoms. The summed E-state index contributed by atoms with van der Waals surface area (Å²) in [5.74, 6) is -0.724. The molecule has 7 heteroatoms. The van der Waals surface area contributed by atoms with Crippen LogP contribution >= 0.6 is 23.5 Å². The first-order valence-corrected chi connectivity index (χ1v) is 7.65. The molecule has 0 bridgehead atoms. The van der Waals surface area contributed by atoms with Crippen LogP contribution in [0.25, 0.3) is 0 Å². The topological polar surface area (TPSA) is 68.1 Å². The zero-order valence-electron chi connectivity index (χ0n) is 10.5. The molecule has 3 heterocycles. The van der Waals surface area contributed by atoms with Gasteiger partial charge in [0.15, 0.2) is 5.17 Å². The first kappa shape index (κ1) is 12.9. The number of amides is 1. The molecule has 3 aliphatic heterocycles. The Balaban J connectivity index is 1.80. The molecule has 0 spiro atoms. The minimum atomic E-state index is -0.301. The van der Waals surface area contributed by atoms with Crippen LogP contribution in [0.3, 0.4) is 0 Å². The Morgan fingerprint density at radius 1 is 1.32 bits per heavy atom. The number of amidine groups is 1. The third kappa shape index (κ3) is 2.25. The van der Waals surface area contributed by atoms with Gasteiger partial charge >= 0.3 is 5.97 Å². The number of aliphatic imine (C=N–C) groups is 2. The van der Waals surface area contributed by atoms with E-state index in [2.05, 4.69) is 9.98 Å². The van der Waals surface area contributed by atoms with Crippen molar-refractivity contribution in [2.45, 2.75) is 25.5 Å². The number of cyclic esters (lactones) is 1. The lowest BCUT2D eigenvalue weighted by molar-refractivity contribution is -0.137. The molecule has 1 fully saturated rings. The van der Waals surface area contributed by atoms with E-state index in [1.54, 1.807) is 0 Å². The summed E-state index contributed by atoms with van der Waals surface area (Å²) in [5, 5.41) is 0.882. The second-order valence-electron chi connectivity index (χ2n) is 4.52. The minimum absolute atomic E-state index is 0.180. The maximum absolute atomic E-state index is 12.1. The molecule has 0 aliphatic carbocycles. The van der Waals surface area contributed by atoms with Gasteiger partial charge in [0.2, 0.25) is 0 Å². The number of rotatable bonds is 1. The van der Waals surface area contributed by atoms with Crippen molar-refractivity contribution in [3.8, 4) is 0 Å². The van der Waals surface area contributed by atoms with Crippen molar-refractivity contribution < 1.29 is 14.3 Å². The highest BCUT2D eigenvalue weighted by molar-refractivity contribution is 8.18. The molecule has 2 atom stereocenters. The lowest BCUT2D eigenvalue weighted by Gasteiger charge is -2.15. The van der Waals surface area contributed by atoms with Crippen molar-refractivity contribution in [1.29, 1.82) is 0 Å². The van der Waals surface area contributed by atoms with Crippen molar-refractivity contribution in [1.82, 2.24) is 0 Å². The van der Waals surface area contributed by atoms with E-state index in [-0.39, 0.29) is 23.0 Å². The Labute approximate surface area is 119 Å². The highest BCUT2D eigenvalue weighted by Crippen LogP contribution is 2.41. The predicted octanol–water partition coefficient (Wildman–Crippen LogP) is 1.99. The molecule has 1 saturated heterocycles. The van der Waals surface area contributed by atoms with E-state index in [4.69, 9.17) is 4.74 Å². The fourth-order valence-corrected chi connectivity index (χ4v) is 4.21. The zero-order valence-corrected chi connectivity index (χ0v) is 12.1. The Morgan fingerprint density at radius 3 is 2.79 bits per heavy atom. The fourth-order valence-electron chi connectivity index (χ4n) is 2.11. The van der Waals surface area contributed by atoms with E-state index in [1.165, 1.54) is 23.5 Å². The second-order valence-corrected chi connectivity index (χ2v) is 6.92. The molecular formula is C12H12N2O3S2. The number of esters is 1. The maximum atomic E-state index is 12.1. The van der Waals surface area contributed by atoms with Crippen molar-refractivity contribution >= 4 is 45.6 Å². The SMILES string of the molecule is CC1=C(C)C2C(=O)N=C(SC3CCOC3=O)N=C2S1. The Hall–Kier alpha value is -1.08. The van der Waals surface area contributed by atoms with Crippen LogP contribution < -0.4 is 0 Å². The van der Waals surface area contributed by atoms with Gasteiger partial charge in [0.25, 0.3) is 5.91 Å². The number of nitrogens with zero attached hydrogens (tertiary/aromatic N) is 2. The number of carbonyl (C=O) groups excluding carboxylic acids is 2. The van der Waals surface area contributed by atoms with Crippen LogP contribution in [0.4, 0.5) is 0 Å². The zero-order chi connectivity index (χ0) is 13.6. The monoisotopic (exact) mass is 296 g/mol. The highest BCUT2D eigenvalue weighted by Gasteiger charge is 2.38. The molecular weight excluding hydrogens is 284 g/mol. The Bertz CT molecular complexity index is 565. The van der Waals surface area contributed by atoms with Gasteiger partial charge in [-0.15, -0.1) is 0 Å². The molecule has 3 rings (SSSR count). The number of hydrogen-bond donors (Lipinski definition) is 0. The standard InChI is InChI=1S/C12H12N2O3S2/c1-5-6(2)18-10-8(5)9(15)13-12(14-10)19-7-3-4-17-11(7)16/h7-8H,3-4H2,1-2H3. The lowest BCUT2D eigenvalue weighted by Crippen LogP contribution is -2.25. The van der Waals surface area contributed by atoms with Crippen molar-refractivity contribution in [3.63, 3.8) is 0 Å². The van der Waals surface area contributed by atoms with Gasteiger partial charge in [-0.05, 0) is 24.3 Å². The normalized spacial score (nSPS) is 30.2. The van der Waals surface area contributed by atoms with E-state index in [0.717, 1.165) is 15.5 Å². The largest absolute Gasteiger partial charge is 0.465 e. The van der Waals surface area contributed by atoms with E-state index in [9.17, 15) is 9.59 Å². The van der Waals surface area contributed by atoms with Gasteiger partial charge in [-0.3, -0.25) is 9.59 Å². The lowest BCUT2D eigenvalue weighted by atomic mass is 10.0. The molecule has 2 unspecified atom stereocenters. The number of allylic oxidation sites excluding steroid dienone is 1. The van der Waals surface area contributed by atoms with Gasteiger partial charge in [0.05, 0.1) is 11.7 Å². The van der Waals surface area contributed by atoms with Crippen LogP contribution in [0.2, 0.25) is 0 Å². The Morgan fingerprint density at radius 2 is 2.11 bits per heavy atom. The average molecular weight is 296 g/mol. The summed E-state index contributed by atoms with van der Waals surface area (Å²) in [6.45, 7) is 4.36. The molecule has 0 aromatic carbocycles. The van der Waals surface area contributed by atoms with Gasteiger partial charge in [-0.25, -0.2) is 4.99 Å². The second kappa shape index (κ2) is 4.79. The van der Waals surface area contributed by atoms with E-state index in [1.807, 2.05) is 13.8 Å². The summed E-state index contributed by atoms with van der Waals surface area (Å²) >= 11 is 2.75. The third-order valence-electron chi connectivity index (χ3n) is 3.29. The van der Waals surface area contributed by atoms with Crippen LogP contribution in [0.1, 0.15) is 20.3 Å². The summed E-state index contributed by atoms with van der Waals surface area (Å²) in [7, 11) is 0. The average Bonchev–Trinajstić information content (AvgIpc) is 2.85. The van der Waals surface area contributed by atoms with E-state index >= 15 is 0 Å². The molecule has 3 aliphatic rings. The molecule has 1 amide bonds. The summed E-state index contributed by atoms with van der Waals surface area (Å²) in [4.78, 5) is 33.0. The van der Waals surface area contributed by atoms with Gasteiger partial charge < -0.3 is 4.74 Å². The summed E-state index contributed by atoms with van der Waals surface area (Å²) < 4.78 is 4.89. The number of thioether (sulfide) groups is 2. The van der Waals surface area contributed by atoms with Gasteiger partial charge in [-0.1, -0.05) is 23.5 Å². The molecule has 0 radical (unpaired) electrons. The number of hydrogen-bond acceptors (Lipinski definition) is 6. The molecule has 0 aromatic heterocycles. The van der Waals surface area contributed by atoms with Crippen LogP contribution in [-0.4, -0.2) is 33.9 Å². The quantitative estimate of drug-likeness (QED) is 0.692. The first-order valence-electron chi connectivity index (χ1n) is 5.96. The van der Waals surface area contributed by atoms with Crippen LogP contribution in [0, 0.1) is 5.92 Å². The van der Waals surface area contributed by atoms with Crippen molar-refractivity contribution in [3.05, 3.63) is 10.5 Å². The predicted molar refractivity (Wildman–Crippen MR) is 76.3 cm³/mol. The number of fused-ring (bicyclic) bond motifs is 1. The van der Waals surface area contributed by atoms with Crippen molar-refractivity contribution in [2.75, 3.05) is 6.61 Å². The highest BCUT2D eigenvalue weighted by atomic mass is 32.2. The smallest absolute Gasteiger partial charge is 0.319 e. The fraction of sp³-hybridized carbons (Fsp3) is 0.500. The molecule has 100 valence electrons. The number of carbonyl (C=O) groups is 2. The van der Waals surface area contributed by atoms with Crippen molar-refractivity contribution in [2.24, 2.45) is 15.9 Å². The molecule has 0 saturated carbocycles. The van der Waals surface area contributed by atoms with E-state index in [0.29, 0.717) is 18.2 Å². The van der Waals surface area contributed by atoms with Crippen LogP contribution in [0.5, 0.6) is 0 Å². The summed E-state index contributed by atoms with van der Waals surface area (Å²) in [5.41, 5.74) is 1.03. The van der Waals surface area contributed by atoms with Gasteiger partial charge in [0.1, 0.15) is 11.2 Å². The summed E-state index contributed by atoms with van der Waals surface area (Å²) in [6, 6.07) is 0. The molecule has 0 N–H and O–H groups in total. The van der Waals surface area contributed by atoms with Crippen LogP contribution in [-0.2, 0) is 14.3 Å². The molecule has 5 nitrogen and oxygen atoms in total. The minimum Gasteiger partial charge on any atom is -0.465 e. The number of ether oxygens (including phenoxy) is 1. The Kier molecular flexibility index (Phi) is 3.26.